The van der Waals surface area contributed by atoms with E-state index in [2.05, 4.69) is 10.2 Å². The molecular formula is C14H22N2O2. The largest absolute Gasteiger partial charge is 0.497 e. The van der Waals surface area contributed by atoms with Crippen molar-refractivity contribution in [2.45, 2.75) is 19.4 Å². The molecular weight excluding hydrogens is 228 g/mol. The second kappa shape index (κ2) is 7.01. The zero-order valence-corrected chi connectivity index (χ0v) is 11.6. The van der Waals surface area contributed by atoms with Gasteiger partial charge in [-0.25, -0.2) is 0 Å². The fourth-order valence-corrected chi connectivity index (χ4v) is 1.94. The first kappa shape index (κ1) is 14.5. The van der Waals surface area contributed by atoms with E-state index in [0.29, 0.717) is 0 Å². The molecule has 0 saturated heterocycles. The molecule has 1 aromatic rings. The lowest BCUT2D eigenvalue weighted by Gasteiger charge is -2.22. The maximum Gasteiger partial charge on any atom is 0.217 e. The Morgan fingerprint density at radius 2 is 1.94 bits per heavy atom. The number of amides is 1. The van der Waals surface area contributed by atoms with Crippen molar-refractivity contribution in [3.63, 3.8) is 0 Å². The Morgan fingerprint density at radius 3 is 2.39 bits per heavy atom. The highest BCUT2D eigenvalue weighted by molar-refractivity contribution is 5.73. The lowest BCUT2D eigenvalue weighted by molar-refractivity contribution is -0.119. The van der Waals surface area contributed by atoms with Crippen LogP contribution in [0.4, 0.5) is 0 Å². The van der Waals surface area contributed by atoms with Crippen LogP contribution in [0, 0.1) is 0 Å². The topological polar surface area (TPSA) is 41.6 Å². The number of methoxy groups -OCH3 is 1. The van der Waals surface area contributed by atoms with Crippen molar-refractivity contribution >= 4 is 5.91 Å². The van der Waals surface area contributed by atoms with Gasteiger partial charge >= 0.3 is 0 Å². The second-order valence-electron chi connectivity index (χ2n) is 4.71. The number of nitrogens with zero attached hydrogens (tertiary/aromatic N) is 1. The summed E-state index contributed by atoms with van der Waals surface area (Å²) in [4.78, 5) is 13.3. The van der Waals surface area contributed by atoms with Gasteiger partial charge in [-0.2, -0.15) is 0 Å². The van der Waals surface area contributed by atoms with Crippen molar-refractivity contribution in [3.05, 3.63) is 29.8 Å². The van der Waals surface area contributed by atoms with Crippen LogP contribution in [0.25, 0.3) is 0 Å². The van der Waals surface area contributed by atoms with Gasteiger partial charge in [0.25, 0.3) is 0 Å². The minimum absolute atomic E-state index is 0.00959. The molecule has 1 atom stereocenters. The van der Waals surface area contributed by atoms with E-state index < -0.39 is 0 Å². The van der Waals surface area contributed by atoms with Gasteiger partial charge in [0, 0.05) is 19.5 Å². The quantitative estimate of drug-likeness (QED) is 0.827. The molecule has 1 rings (SSSR count). The predicted molar refractivity (Wildman–Crippen MR) is 72.9 cm³/mol. The molecule has 0 fully saturated rings. The van der Waals surface area contributed by atoms with Gasteiger partial charge in [0.1, 0.15) is 5.75 Å². The summed E-state index contributed by atoms with van der Waals surface area (Å²) in [6.07, 6.45) is 0.821. The van der Waals surface area contributed by atoms with Gasteiger partial charge < -0.3 is 15.0 Å². The summed E-state index contributed by atoms with van der Waals surface area (Å²) >= 11 is 0. The van der Waals surface area contributed by atoms with Crippen LogP contribution >= 0.6 is 0 Å². The van der Waals surface area contributed by atoms with Crippen LogP contribution in [0.2, 0.25) is 0 Å². The van der Waals surface area contributed by atoms with Gasteiger partial charge in [-0.1, -0.05) is 12.1 Å². The highest BCUT2D eigenvalue weighted by Crippen LogP contribution is 2.12. The molecule has 18 heavy (non-hydrogen) atoms. The molecule has 0 aliphatic heterocycles. The number of carbonyl (C=O) groups excluding carboxylic acids is 1. The highest BCUT2D eigenvalue weighted by atomic mass is 16.5. The van der Waals surface area contributed by atoms with Gasteiger partial charge in [-0.15, -0.1) is 0 Å². The average Bonchev–Trinajstić information content (AvgIpc) is 2.28. The number of rotatable bonds is 6. The Bertz CT molecular complexity index is 374. The summed E-state index contributed by atoms with van der Waals surface area (Å²) in [5.74, 6) is 0.859. The Kier molecular flexibility index (Phi) is 5.65. The molecule has 0 heterocycles. The third-order valence-corrected chi connectivity index (χ3v) is 2.63. The van der Waals surface area contributed by atoms with Gasteiger partial charge in [0.05, 0.1) is 7.11 Å². The lowest BCUT2D eigenvalue weighted by Crippen LogP contribution is -2.42. The molecule has 4 nitrogen and oxygen atoms in total. The first-order valence-corrected chi connectivity index (χ1v) is 6.06. The molecule has 0 radical (unpaired) electrons. The van der Waals surface area contributed by atoms with Crippen molar-refractivity contribution < 1.29 is 9.53 Å². The third kappa shape index (κ3) is 5.19. The number of hydrogen-bond acceptors (Lipinski definition) is 3. The van der Waals surface area contributed by atoms with E-state index in [1.54, 1.807) is 14.0 Å². The van der Waals surface area contributed by atoms with Crippen molar-refractivity contribution in [1.29, 1.82) is 0 Å². The van der Waals surface area contributed by atoms with Gasteiger partial charge in [0.15, 0.2) is 0 Å². The Balaban J connectivity index is 2.65. The summed E-state index contributed by atoms with van der Waals surface area (Å²) in [7, 11) is 5.66. The number of carbonyl (C=O) groups is 1. The monoisotopic (exact) mass is 250 g/mol. The third-order valence-electron chi connectivity index (χ3n) is 2.63. The normalized spacial score (nSPS) is 12.3. The molecule has 100 valence electrons. The van der Waals surface area contributed by atoms with Gasteiger partial charge in [-0.3, -0.25) is 4.79 Å². The second-order valence-corrected chi connectivity index (χ2v) is 4.71. The van der Waals surface area contributed by atoms with Crippen LogP contribution in [0.1, 0.15) is 12.5 Å². The summed E-state index contributed by atoms with van der Waals surface area (Å²) in [5.41, 5.74) is 1.19. The first-order valence-electron chi connectivity index (χ1n) is 6.06. The predicted octanol–water partition coefficient (Wildman–Crippen LogP) is 1.30. The minimum atomic E-state index is 0.00959. The van der Waals surface area contributed by atoms with Crippen molar-refractivity contribution in [2.75, 3.05) is 27.7 Å². The summed E-state index contributed by atoms with van der Waals surface area (Å²) in [5, 5.41) is 2.98. The van der Waals surface area contributed by atoms with Crippen LogP contribution in [0.15, 0.2) is 24.3 Å². The molecule has 0 saturated carbocycles. The number of ether oxygens (including phenoxy) is 1. The van der Waals surface area contributed by atoms with Crippen LogP contribution < -0.4 is 10.1 Å². The number of nitrogens with one attached hydrogen (secondary N) is 1. The zero-order valence-electron chi connectivity index (χ0n) is 11.6. The van der Waals surface area contributed by atoms with E-state index in [1.807, 2.05) is 38.4 Å². The molecule has 0 unspecified atom stereocenters. The van der Waals surface area contributed by atoms with E-state index in [1.165, 1.54) is 5.56 Å². The van der Waals surface area contributed by atoms with E-state index in [-0.39, 0.29) is 11.9 Å². The first-order chi connectivity index (χ1) is 8.51. The van der Waals surface area contributed by atoms with Crippen LogP contribution in [0.5, 0.6) is 5.75 Å². The zero-order chi connectivity index (χ0) is 13.5. The van der Waals surface area contributed by atoms with E-state index in [0.717, 1.165) is 18.7 Å². The van der Waals surface area contributed by atoms with Gasteiger partial charge in [-0.05, 0) is 38.2 Å². The lowest BCUT2D eigenvalue weighted by atomic mass is 10.1. The van der Waals surface area contributed by atoms with Crippen LogP contribution in [-0.2, 0) is 11.2 Å². The van der Waals surface area contributed by atoms with Crippen LogP contribution in [-0.4, -0.2) is 44.6 Å². The Morgan fingerprint density at radius 1 is 1.33 bits per heavy atom. The fourth-order valence-electron chi connectivity index (χ4n) is 1.94. The maximum atomic E-state index is 11.2. The summed E-state index contributed by atoms with van der Waals surface area (Å²) < 4.78 is 5.13. The highest BCUT2D eigenvalue weighted by Gasteiger charge is 2.12. The van der Waals surface area contributed by atoms with E-state index in [9.17, 15) is 4.79 Å². The molecule has 1 N–H and O–H groups in total. The average molecular weight is 250 g/mol. The fraction of sp³-hybridized carbons (Fsp3) is 0.500. The number of hydrogen-bond donors (Lipinski definition) is 1. The Hall–Kier alpha value is -1.55. The maximum absolute atomic E-state index is 11.2. The van der Waals surface area contributed by atoms with Crippen LogP contribution in [0.3, 0.4) is 0 Å². The summed E-state index contributed by atoms with van der Waals surface area (Å²) in [6.45, 7) is 2.38. The molecule has 0 aromatic heterocycles. The van der Waals surface area contributed by atoms with E-state index in [4.69, 9.17) is 4.74 Å². The molecule has 0 bridgehead atoms. The van der Waals surface area contributed by atoms with Crippen molar-refractivity contribution in [3.8, 4) is 5.75 Å². The number of benzene rings is 1. The Labute approximate surface area is 109 Å². The smallest absolute Gasteiger partial charge is 0.217 e. The van der Waals surface area contributed by atoms with Crippen molar-refractivity contribution in [2.24, 2.45) is 0 Å². The number of likely N-dealkylation sites (N-methyl/N-ethyl adjacent to an activating group) is 1. The molecule has 0 aliphatic rings. The molecule has 0 spiro atoms. The SMILES string of the molecule is COc1ccc(C[C@@H](CN(C)C)NC(C)=O)cc1. The van der Waals surface area contributed by atoms with Crippen molar-refractivity contribution in [1.82, 2.24) is 10.2 Å². The molecule has 1 aromatic carbocycles. The molecule has 1 amide bonds. The summed E-state index contributed by atoms with van der Waals surface area (Å²) in [6, 6.07) is 8.07. The molecule has 0 aliphatic carbocycles. The van der Waals surface area contributed by atoms with Gasteiger partial charge in [0.2, 0.25) is 5.91 Å². The van der Waals surface area contributed by atoms with E-state index >= 15 is 0 Å². The standard InChI is InChI=1S/C14H22N2O2/c1-11(17)15-13(10-16(2)3)9-12-5-7-14(18-4)8-6-12/h5-8,13H,9-10H2,1-4H3,(H,15,17)/t13-/m0/s1. The minimum Gasteiger partial charge on any atom is -0.497 e. The molecule has 4 heteroatoms.